The summed E-state index contributed by atoms with van der Waals surface area (Å²) in [5, 5.41) is 11.3. The molecule has 0 bridgehead atoms. The molecule has 6 amide bonds. The number of nitrogens with two attached hydrogens (primary N) is 1. The third-order valence-electron chi connectivity index (χ3n) is 3.24. The van der Waals surface area contributed by atoms with E-state index in [0.29, 0.717) is 5.56 Å². The van der Waals surface area contributed by atoms with E-state index in [2.05, 4.69) is 26.6 Å². The van der Waals surface area contributed by atoms with E-state index >= 15 is 0 Å². The summed E-state index contributed by atoms with van der Waals surface area (Å²) in [6.45, 7) is -1.87. The third-order valence-corrected chi connectivity index (χ3v) is 3.24. The first-order valence-corrected chi connectivity index (χ1v) is 8.46. The Bertz CT molecular complexity index is 767. The van der Waals surface area contributed by atoms with Gasteiger partial charge in [-0.15, -0.1) is 0 Å². The average molecular weight is 406 g/mol. The second-order valence-corrected chi connectivity index (χ2v) is 5.62. The molecule has 12 heteroatoms. The predicted molar refractivity (Wildman–Crippen MR) is 100 cm³/mol. The highest BCUT2D eigenvalue weighted by Crippen LogP contribution is 1.97. The average Bonchev–Trinajstić information content (AvgIpc) is 2.72. The van der Waals surface area contributed by atoms with Crippen molar-refractivity contribution in [3.63, 3.8) is 0 Å². The van der Waals surface area contributed by atoms with Crippen LogP contribution in [0, 0.1) is 0 Å². The molecule has 12 nitrogen and oxygen atoms in total. The van der Waals surface area contributed by atoms with Gasteiger partial charge in [-0.25, -0.2) is 0 Å². The molecule has 1 rings (SSSR count). The van der Waals surface area contributed by atoms with Crippen molar-refractivity contribution in [1.82, 2.24) is 26.6 Å². The smallest absolute Gasteiger partial charge is 0.251 e. The van der Waals surface area contributed by atoms with Crippen molar-refractivity contribution in [2.75, 3.05) is 32.7 Å². The van der Waals surface area contributed by atoms with Gasteiger partial charge in [-0.3, -0.25) is 28.8 Å². The number of benzene rings is 1. The van der Waals surface area contributed by atoms with Crippen LogP contribution >= 0.6 is 0 Å². The monoisotopic (exact) mass is 406 g/mol. The number of rotatable bonds is 11. The molecule has 0 aliphatic rings. The molecule has 156 valence electrons. The quantitative estimate of drug-likeness (QED) is 0.220. The third kappa shape index (κ3) is 10.7. The standard InChI is InChI=1S/C17H22N6O6/c18-12(24)6-19-13(25)7-20-14(26)8-21-15(27)9-22-16(28)10-23-17(29)11-4-2-1-3-5-11/h1-5H,6-10H2,(H2,18,24)(H,19,25)(H,20,26)(H,21,27)(H,22,28)(H,23,29). The van der Waals surface area contributed by atoms with Crippen molar-refractivity contribution in [1.29, 1.82) is 0 Å². The van der Waals surface area contributed by atoms with Gasteiger partial charge in [-0.2, -0.15) is 0 Å². The van der Waals surface area contributed by atoms with Gasteiger partial charge in [0, 0.05) is 5.56 Å². The normalized spacial score (nSPS) is 9.66. The Kier molecular flexibility index (Phi) is 9.89. The maximum Gasteiger partial charge on any atom is 0.251 e. The molecule has 1 aromatic carbocycles. The molecule has 7 N–H and O–H groups in total. The number of primary amides is 1. The molecule has 0 atom stereocenters. The molecule has 0 aromatic heterocycles. The maximum atomic E-state index is 11.8. The van der Waals surface area contributed by atoms with Crippen molar-refractivity contribution >= 4 is 35.4 Å². The first-order valence-electron chi connectivity index (χ1n) is 8.46. The van der Waals surface area contributed by atoms with Gasteiger partial charge in [0.1, 0.15) is 0 Å². The summed E-state index contributed by atoms with van der Waals surface area (Å²) < 4.78 is 0. The molecule has 0 spiro atoms. The summed E-state index contributed by atoms with van der Waals surface area (Å²) >= 11 is 0. The number of hydrogen-bond acceptors (Lipinski definition) is 6. The van der Waals surface area contributed by atoms with Crippen molar-refractivity contribution in [2.24, 2.45) is 5.73 Å². The van der Waals surface area contributed by atoms with Crippen LogP contribution < -0.4 is 32.3 Å². The van der Waals surface area contributed by atoms with Gasteiger partial charge in [0.2, 0.25) is 29.5 Å². The van der Waals surface area contributed by atoms with Crippen LogP contribution in [0.3, 0.4) is 0 Å². The summed E-state index contributed by atoms with van der Waals surface area (Å²) in [6, 6.07) is 8.30. The summed E-state index contributed by atoms with van der Waals surface area (Å²) in [6.07, 6.45) is 0. The topological polar surface area (TPSA) is 189 Å². The zero-order valence-corrected chi connectivity index (χ0v) is 15.4. The van der Waals surface area contributed by atoms with Gasteiger partial charge in [0.05, 0.1) is 32.7 Å². The first kappa shape index (κ1) is 23.1. The zero-order valence-electron chi connectivity index (χ0n) is 15.4. The van der Waals surface area contributed by atoms with Crippen LogP contribution in [0.2, 0.25) is 0 Å². The fraction of sp³-hybridized carbons (Fsp3) is 0.294. The Morgan fingerprint density at radius 3 is 1.38 bits per heavy atom. The summed E-state index contributed by atoms with van der Waals surface area (Å²) in [5.41, 5.74) is 5.24. The van der Waals surface area contributed by atoms with Crippen LogP contribution in [0.1, 0.15) is 10.4 Å². The molecule has 0 aliphatic heterocycles. The highest BCUT2D eigenvalue weighted by atomic mass is 16.2. The Hall–Kier alpha value is -3.96. The molecule has 0 aliphatic carbocycles. The number of hydrogen-bond donors (Lipinski definition) is 6. The maximum absolute atomic E-state index is 11.8. The minimum Gasteiger partial charge on any atom is -0.368 e. The van der Waals surface area contributed by atoms with E-state index in [4.69, 9.17) is 5.73 Å². The Balaban J connectivity index is 2.15. The van der Waals surface area contributed by atoms with Crippen LogP contribution in [0.4, 0.5) is 0 Å². The Labute approximate surface area is 166 Å². The minimum absolute atomic E-state index is 0.318. The number of carbonyl (C=O) groups is 6. The van der Waals surface area contributed by atoms with Gasteiger partial charge in [-0.1, -0.05) is 18.2 Å². The van der Waals surface area contributed by atoms with E-state index in [9.17, 15) is 28.8 Å². The number of carbonyl (C=O) groups excluding carboxylic acids is 6. The lowest BCUT2D eigenvalue weighted by molar-refractivity contribution is -0.128. The van der Waals surface area contributed by atoms with E-state index in [1.165, 1.54) is 0 Å². The molecule has 0 fully saturated rings. The molecule has 0 unspecified atom stereocenters. The molecule has 0 saturated carbocycles. The van der Waals surface area contributed by atoms with Crippen LogP contribution in [-0.2, 0) is 24.0 Å². The van der Waals surface area contributed by atoms with Gasteiger partial charge in [0.15, 0.2) is 0 Å². The highest BCUT2D eigenvalue weighted by molar-refractivity contribution is 5.97. The molecular formula is C17H22N6O6. The number of amides is 6. The van der Waals surface area contributed by atoms with Gasteiger partial charge < -0.3 is 32.3 Å². The second-order valence-electron chi connectivity index (χ2n) is 5.62. The van der Waals surface area contributed by atoms with Crippen LogP contribution in [-0.4, -0.2) is 68.2 Å². The molecule has 29 heavy (non-hydrogen) atoms. The lowest BCUT2D eigenvalue weighted by Gasteiger charge is -2.09. The van der Waals surface area contributed by atoms with Crippen LogP contribution in [0.5, 0.6) is 0 Å². The Morgan fingerprint density at radius 2 is 0.966 bits per heavy atom. The van der Waals surface area contributed by atoms with Crippen molar-refractivity contribution in [3.05, 3.63) is 35.9 Å². The summed E-state index contributed by atoms with van der Waals surface area (Å²) in [5.74, 6) is -3.64. The van der Waals surface area contributed by atoms with E-state index < -0.39 is 48.5 Å². The summed E-state index contributed by atoms with van der Waals surface area (Å²) in [4.78, 5) is 68.3. The lowest BCUT2D eigenvalue weighted by Crippen LogP contribution is -2.46. The van der Waals surface area contributed by atoms with Crippen molar-refractivity contribution in [2.45, 2.75) is 0 Å². The van der Waals surface area contributed by atoms with Crippen molar-refractivity contribution in [3.8, 4) is 0 Å². The molecule has 0 radical (unpaired) electrons. The lowest BCUT2D eigenvalue weighted by atomic mass is 10.2. The second kappa shape index (κ2) is 12.4. The van der Waals surface area contributed by atoms with Gasteiger partial charge in [-0.05, 0) is 12.1 Å². The highest BCUT2D eigenvalue weighted by Gasteiger charge is 2.11. The van der Waals surface area contributed by atoms with Crippen molar-refractivity contribution < 1.29 is 28.8 Å². The number of nitrogens with one attached hydrogen (secondary N) is 5. The fourth-order valence-electron chi connectivity index (χ4n) is 1.82. The largest absolute Gasteiger partial charge is 0.368 e. The van der Waals surface area contributed by atoms with E-state index in [0.717, 1.165) is 0 Å². The fourth-order valence-corrected chi connectivity index (χ4v) is 1.82. The molecular weight excluding hydrogens is 384 g/mol. The molecule has 0 saturated heterocycles. The van der Waals surface area contributed by atoms with Crippen LogP contribution in [0.15, 0.2) is 30.3 Å². The van der Waals surface area contributed by atoms with E-state index in [-0.39, 0.29) is 19.6 Å². The van der Waals surface area contributed by atoms with Crippen LogP contribution in [0.25, 0.3) is 0 Å². The van der Waals surface area contributed by atoms with Gasteiger partial charge in [0.25, 0.3) is 5.91 Å². The summed E-state index contributed by atoms with van der Waals surface area (Å²) in [7, 11) is 0. The zero-order chi connectivity index (χ0) is 21.6. The molecule has 1 aromatic rings. The molecule has 0 heterocycles. The van der Waals surface area contributed by atoms with E-state index in [1.807, 2.05) is 0 Å². The van der Waals surface area contributed by atoms with Gasteiger partial charge >= 0.3 is 0 Å². The minimum atomic E-state index is -0.724. The first-order chi connectivity index (χ1) is 13.8. The van der Waals surface area contributed by atoms with E-state index in [1.54, 1.807) is 30.3 Å². The SMILES string of the molecule is NC(=O)CNC(=O)CNC(=O)CNC(=O)CNC(=O)CNC(=O)c1ccccc1. The Morgan fingerprint density at radius 1 is 0.586 bits per heavy atom. The predicted octanol–water partition coefficient (Wildman–Crippen LogP) is -3.63.